The Kier molecular flexibility index (Phi) is 3.10. The molecule has 2 aliphatic heterocycles. The van der Waals surface area contributed by atoms with Crippen LogP contribution in [0.15, 0.2) is 0 Å². The molecule has 2 nitrogen and oxygen atoms in total. The van der Waals surface area contributed by atoms with Crippen LogP contribution in [0.5, 0.6) is 0 Å². The molecule has 2 atom stereocenters. The second kappa shape index (κ2) is 4.33. The van der Waals surface area contributed by atoms with E-state index in [0.717, 1.165) is 12.6 Å². The van der Waals surface area contributed by atoms with E-state index in [2.05, 4.69) is 28.6 Å². The zero-order valence-corrected chi connectivity index (χ0v) is 9.29. The van der Waals surface area contributed by atoms with Gasteiger partial charge in [-0.05, 0) is 33.2 Å². The molecule has 0 bridgehead atoms. The van der Waals surface area contributed by atoms with Crippen molar-refractivity contribution < 1.29 is 0 Å². The number of piperazine rings is 1. The third kappa shape index (κ3) is 1.94. The second-order valence-electron chi connectivity index (χ2n) is 4.50. The normalized spacial score (nSPS) is 33.6. The summed E-state index contributed by atoms with van der Waals surface area (Å²) >= 11 is 0. The third-order valence-electron chi connectivity index (χ3n) is 3.53. The van der Waals surface area contributed by atoms with Gasteiger partial charge in [-0.25, -0.2) is 0 Å². The van der Waals surface area contributed by atoms with Crippen molar-refractivity contribution in [3.05, 3.63) is 0 Å². The highest BCUT2D eigenvalue weighted by atomic mass is 15.3. The summed E-state index contributed by atoms with van der Waals surface area (Å²) in [5.74, 6) is 6.18. The molecule has 2 fully saturated rings. The maximum Gasteiger partial charge on any atom is 0.0604 e. The SMILES string of the molecule is CC#CCN1CC2CCCN2CC1C. The lowest BCUT2D eigenvalue weighted by atomic mass is 10.1. The van der Waals surface area contributed by atoms with Gasteiger partial charge in [0.15, 0.2) is 0 Å². The summed E-state index contributed by atoms with van der Waals surface area (Å²) in [5, 5.41) is 0. The summed E-state index contributed by atoms with van der Waals surface area (Å²) in [4.78, 5) is 5.18. The molecule has 0 aromatic heterocycles. The predicted molar refractivity (Wildman–Crippen MR) is 59.1 cm³/mol. The maximum atomic E-state index is 3.19. The van der Waals surface area contributed by atoms with Gasteiger partial charge in [-0.1, -0.05) is 5.92 Å². The van der Waals surface area contributed by atoms with Crippen molar-refractivity contribution >= 4 is 0 Å². The van der Waals surface area contributed by atoms with Crippen LogP contribution in [0.25, 0.3) is 0 Å². The van der Waals surface area contributed by atoms with Gasteiger partial charge in [0.25, 0.3) is 0 Å². The highest BCUT2D eigenvalue weighted by Gasteiger charge is 2.33. The summed E-state index contributed by atoms with van der Waals surface area (Å²) < 4.78 is 0. The first-order valence-corrected chi connectivity index (χ1v) is 5.69. The molecule has 2 saturated heterocycles. The zero-order valence-electron chi connectivity index (χ0n) is 9.29. The number of fused-ring (bicyclic) bond motifs is 1. The Morgan fingerprint density at radius 3 is 3.00 bits per heavy atom. The van der Waals surface area contributed by atoms with E-state index in [-0.39, 0.29) is 0 Å². The largest absolute Gasteiger partial charge is 0.298 e. The number of rotatable bonds is 1. The topological polar surface area (TPSA) is 6.48 Å². The summed E-state index contributed by atoms with van der Waals surface area (Å²) in [6, 6.07) is 1.51. The van der Waals surface area contributed by atoms with E-state index >= 15 is 0 Å². The van der Waals surface area contributed by atoms with Gasteiger partial charge in [-0.15, -0.1) is 5.92 Å². The molecule has 2 heteroatoms. The van der Waals surface area contributed by atoms with Crippen LogP contribution in [0.1, 0.15) is 26.7 Å². The Labute approximate surface area is 87.3 Å². The molecule has 78 valence electrons. The number of nitrogens with zero attached hydrogens (tertiary/aromatic N) is 2. The Morgan fingerprint density at radius 2 is 2.21 bits per heavy atom. The monoisotopic (exact) mass is 192 g/mol. The van der Waals surface area contributed by atoms with Gasteiger partial charge in [-0.2, -0.15) is 0 Å². The summed E-state index contributed by atoms with van der Waals surface area (Å²) in [7, 11) is 0. The Bertz CT molecular complexity index is 251. The van der Waals surface area contributed by atoms with Crippen LogP contribution >= 0.6 is 0 Å². The molecule has 0 saturated carbocycles. The molecule has 2 heterocycles. The molecule has 0 aromatic rings. The fourth-order valence-electron chi connectivity index (χ4n) is 2.65. The van der Waals surface area contributed by atoms with Gasteiger partial charge in [0.2, 0.25) is 0 Å². The Morgan fingerprint density at radius 1 is 1.36 bits per heavy atom. The van der Waals surface area contributed by atoms with Crippen molar-refractivity contribution in [2.75, 3.05) is 26.2 Å². The van der Waals surface area contributed by atoms with Crippen molar-refractivity contribution in [3.63, 3.8) is 0 Å². The minimum atomic E-state index is 0.685. The highest BCUT2D eigenvalue weighted by molar-refractivity contribution is 5.01. The van der Waals surface area contributed by atoms with Crippen LogP contribution in [0.2, 0.25) is 0 Å². The minimum absolute atomic E-state index is 0.685. The molecule has 2 aliphatic rings. The fourth-order valence-corrected chi connectivity index (χ4v) is 2.65. The van der Waals surface area contributed by atoms with Gasteiger partial charge in [0.05, 0.1) is 6.54 Å². The lowest BCUT2D eigenvalue weighted by Gasteiger charge is -2.41. The van der Waals surface area contributed by atoms with Crippen molar-refractivity contribution in [1.82, 2.24) is 9.80 Å². The van der Waals surface area contributed by atoms with Crippen LogP contribution in [0.3, 0.4) is 0 Å². The van der Waals surface area contributed by atoms with Gasteiger partial charge >= 0.3 is 0 Å². The lowest BCUT2D eigenvalue weighted by Crippen LogP contribution is -2.54. The first kappa shape index (κ1) is 10.0. The van der Waals surface area contributed by atoms with Gasteiger partial charge in [0, 0.05) is 25.2 Å². The van der Waals surface area contributed by atoms with Gasteiger partial charge in [-0.3, -0.25) is 9.80 Å². The maximum absolute atomic E-state index is 3.19. The Balaban J connectivity index is 1.94. The number of hydrogen-bond acceptors (Lipinski definition) is 2. The molecule has 0 aromatic carbocycles. The molecule has 14 heavy (non-hydrogen) atoms. The van der Waals surface area contributed by atoms with E-state index in [4.69, 9.17) is 0 Å². The van der Waals surface area contributed by atoms with Crippen LogP contribution in [-0.2, 0) is 0 Å². The van der Waals surface area contributed by atoms with Crippen LogP contribution < -0.4 is 0 Å². The average Bonchev–Trinajstić information content (AvgIpc) is 2.61. The molecule has 0 aliphatic carbocycles. The number of hydrogen-bond donors (Lipinski definition) is 0. The highest BCUT2D eigenvalue weighted by Crippen LogP contribution is 2.23. The van der Waals surface area contributed by atoms with Crippen LogP contribution in [-0.4, -0.2) is 48.1 Å². The summed E-state index contributed by atoms with van der Waals surface area (Å²) in [6.45, 7) is 9.01. The van der Waals surface area contributed by atoms with Crippen LogP contribution in [0.4, 0.5) is 0 Å². The van der Waals surface area contributed by atoms with Crippen molar-refractivity contribution in [2.24, 2.45) is 0 Å². The molecular formula is C12H20N2. The first-order valence-electron chi connectivity index (χ1n) is 5.69. The van der Waals surface area contributed by atoms with E-state index in [1.54, 1.807) is 0 Å². The summed E-state index contributed by atoms with van der Waals surface area (Å²) in [6.07, 6.45) is 2.79. The van der Waals surface area contributed by atoms with E-state index in [1.165, 1.54) is 32.5 Å². The van der Waals surface area contributed by atoms with Gasteiger partial charge in [0.1, 0.15) is 0 Å². The van der Waals surface area contributed by atoms with E-state index in [0.29, 0.717) is 6.04 Å². The van der Waals surface area contributed by atoms with E-state index < -0.39 is 0 Å². The second-order valence-corrected chi connectivity index (χ2v) is 4.50. The molecule has 0 radical (unpaired) electrons. The van der Waals surface area contributed by atoms with Gasteiger partial charge < -0.3 is 0 Å². The van der Waals surface area contributed by atoms with Crippen molar-refractivity contribution in [3.8, 4) is 11.8 Å². The zero-order chi connectivity index (χ0) is 9.97. The Hall–Kier alpha value is -0.520. The molecule has 0 amide bonds. The molecule has 2 unspecified atom stereocenters. The third-order valence-corrected chi connectivity index (χ3v) is 3.53. The predicted octanol–water partition coefficient (Wildman–Crippen LogP) is 1.18. The van der Waals surface area contributed by atoms with Crippen molar-refractivity contribution in [1.29, 1.82) is 0 Å². The lowest BCUT2D eigenvalue weighted by molar-refractivity contribution is 0.0699. The smallest absolute Gasteiger partial charge is 0.0604 e. The minimum Gasteiger partial charge on any atom is -0.298 e. The molecule has 0 spiro atoms. The summed E-state index contributed by atoms with van der Waals surface area (Å²) in [5.41, 5.74) is 0. The standard InChI is InChI=1S/C12H20N2/c1-3-4-7-13-10-12-6-5-8-14(12)9-11(13)2/h11-12H,5-10H2,1-2H3. The quantitative estimate of drug-likeness (QED) is 0.576. The van der Waals surface area contributed by atoms with E-state index in [9.17, 15) is 0 Å². The fraction of sp³-hybridized carbons (Fsp3) is 0.833. The average molecular weight is 192 g/mol. The molecule has 0 N–H and O–H groups in total. The first-order chi connectivity index (χ1) is 6.81. The van der Waals surface area contributed by atoms with Crippen LogP contribution in [0, 0.1) is 11.8 Å². The molecule has 2 rings (SSSR count). The van der Waals surface area contributed by atoms with Crippen molar-refractivity contribution in [2.45, 2.75) is 38.8 Å². The van der Waals surface area contributed by atoms with E-state index in [1.807, 2.05) is 6.92 Å². The molecular weight excluding hydrogens is 172 g/mol.